The monoisotopic (exact) mass is 262 g/mol. The van der Waals surface area contributed by atoms with Crippen LogP contribution in [-0.4, -0.2) is 69.6 Å². The Hall–Kier alpha value is -0.660. The minimum absolute atomic E-state index is 0.0166. The molecule has 2 heterocycles. The average molecular weight is 262 g/mol. The SMILES string of the molecule is O=C(CC1COCCN1)N1CCS(=O)(=O)CC1. The van der Waals surface area contributed by atoms with Crippen LogP contribution in [0.1, 0.15) is 6.42 Å². The molecular formula is C10H18N2O4S. The van der Waals surface area contributed by atoms with E-state index in [1.54, 1.807) is 4.90 Å². The predicted octanol–water partition coefficient (Wildman–Crippen LogP) is -1.38. The van der Waals surface area contributed by atoms with E-state index in [4.69, 9.17) is 4.74 Å². The van der Waals surface area contributed by atoms with Gasteiger partial charge in [0.05, 0.1) is 24.7 Å². The summed E-state index contributed by atoms with van der Waals surface area (Å²) in [5.74, 6) is 0.198. The van der Waals surface area contributed by atoms with Crippen LogP contribution < -0.4 is 5.32 Å². The van der Waals surface area contributed by atoms with Gasteiger partial charge in [-0.25, -0.2) is 8.42 Å². The van der Waals surface area contributed by atoms with Crippen molar-refractivity contribution in [3.05, 3.63) is 0 Å². The lowest BCUT2D eigenvalue weighted by molar-refractivity contribution is -0.132. The molecule has 0 radical (unpaired) electrons. The second-order valence-corrected chi connectivity index (χ2v) is 6.77. The molecule has 0 bridgehead atoms. The van der Waals surface area contributed by atoms with Gasteiger partial charge in [-0.2, -0.15) is 0 Å². The first-order chi connectivity index (χ1) is 8.07. The van der Waals surface area contributed by atoms with Crippen LogP contribution in [0.3, 0.4) is 0 Å². The molecule has 0 aromatic rings. The van der Waals surface area contributed by atoms with Gasteiger partial charge in [0, 0.05) is 32.1 Å². The first kappa shape index (κ1) is 12.8. The molecule has 2 saturated heterocycles. The van der Waals surface area contributed by atoms with Gasteiger partial charge in [0.25, 0.3) is 0 Å². The van der Waals surface area contributed by atoms with Gasteiger partial charge in [0.2, 0.25) is 5.91 Å². The van der Waals surface area contributed by atoms with Crippen LogP contribution in [0.2, 0.25) is 0 Å². The maximum absolute atomic E-state index is 11.9. The number of carbonyl (C=O) groups is 1. The number of nitrogens with one attached hydrogen (secondary N) is 1. The molecule has 7 heteroatoms. The highest BCUT2D eigenvalue weighted by Crippen LogP contribution is 2.08. The van der Waals surface area contributed by atoms with E-state index in [-0.39, 0.29) is 23.5 Å². The molecule has 2 aliphatic heterocycles. The number of amides is 1. The van der Waals surface area contributed by atoms with E-state index in [1.165, 1.54) is 0 Å². The van der Waals surface area contributed by atoms with Crippen molar-refractivity contribution in [1.29, 1.82) is 0 Å². The molecule has 1 amide bonds. The van der Waals surface area contributed by atoms with Gasteiger partial charge in [-0.05, 0) is 0 Å². The van der Waals surface area contributed by atoms with Gasteiger partial charge >= 0.3 is 0 Å². The van der Waals surface area contributed by atoms with Crippen LogP contribution in [-0.2, 0) is 19.4 Å². The number of carbonyl (C=O) groups excluding carboxylic acids is 1. The number of morpholine rings is 1. The van der Waals surface area contributed by atoms with Gasteiger partial charge in [0.1, 0.15) is 0 Å². The van der Waals surface area contributed by atoms with Crippen LogP contribution in [0, 0.1) is 0 Å². The maximum Gasteiger partial charge on any atom is 0.224 e. The van der Waals surface area contributed by atoms with Crippen molar-refractivity contribution in [3.63, 3.8) is 0 Å². The van der Waals surface area contributed by atoms with E-state index in [2.05, 4.69) is 5.32 Å². The third-order valence-electron chi connectivity index (χ3n) is 3.12. The number of hydrogen-bond donors (Lipinski definition) is 1. The zero-order chi connectivity index (χ0) is 12.3. The van der Waals surface area contributed by atoms with Crippen LogP contribution in [0.15, 0.2) is 0 Å². The third-order valence-corrected chi connectivity index (χ3v) is 4.73. The molecule has 0 aromatic carbocycles. The van der Waals surface area contributed by atoms with E-state index in [0.29, 0.717) is 32.7 Å². The van der Waals surface area contributed by atoms with Crippen molar-refractivity contribution >= 4 is 15.7 Å². The summed E-state index contributed by atoms with van der Waals surface area (Å²) in [6.45, 7) is 2.67. The lowest BCUT2D eigenvalue weighted by Gasteiger charge is -2.30. The molecule has 1 N–H and O–H groups in total. The molecule has 0 aliphatic carbocycles. The normalized spacial score (nSPS) is 28.9. The Morgan fingerprint density at radius 1 is 1.35 bits per heavy atom. The van der Waals surface area contributed by atoms with Crippen molar-refractivity contribution in [1.82, 2.24) is 10.2 Å². The van der Waals surface area contributed by atoms with Crippen molar-refractivity contribution in [2.45, 2.75) is 12.5 Å². The largest absolute Gasteiger partial charge is 0.378 e. The summed E-state index contributed by atoms with van der Waals surface area (Å²) < 4.78 is 27.8. The summed E-state index contributed by atoms with van der Waals surface area (Å²) in [5, 5.41) is 3.21. The van der Waals surface area contributed by atoms with E-state index >= 15 is 0 Å². The number of sulfone groups is 1. The summed E-state index contributed by atoms with van der Waals surface area (Å²) in [6.07, 6.45) is 0.389. The lowest BCUT2D eigenvalue weighted by atomic mass is 10.2. The molecule has 2 aliphatic rings. The maximum atomic E-state index is 11.9. The minimum atomic E-state index is -2.92. The summed E-state index contributed by atoms with van der Waals surface area (Å²) in [7, 11) is -2.92. The molecular weight excluding hydrogens is 244 g/mol. The first-order valence-electron chi connectivity index (χ1n) is 5.86. The smallest absolute Gasteiger partial charge is 0.224 e. The molecule has 1 atom stereocenters. The summed E-state index contributed by atoms with van der Waals surface area (Å²) in [4.78, 5) is 13.5. The molecule has 2 rings (SSSR count). The molecule has 2 fully saturated rings. The fraction of sp³-hybridized carbons (Fsp3) is 0.900. The van der Waals surface area contributed by atoms with Gasteiger partial charge < -0.3 is 15.0 Å². The second-order valence-electron chi connectivity index (χ2n) is 4.46. The number of ether oxygens (including phenoxy) is 1. The summed E-state index contributed by atoms with van der Waals surface area (Å²) >= 11 is 0. The van der Waals surface area contributed by atoms with Crippen LogP contribution in [0.4, 0.5) is 0 Å². The van der Waals surface area contributed by atoms with Crippen molar-refractivity contribution in [2.75, 3.05) is 44.4 Å². The average Bonchev–Trinajstić information content (AvgIpc) is 2.30. The standard InChI is InChI=1S/C10H18N2O4S/c13-10(7-9-8-16-4-1-11-9)12-2-5-17(14,15)6-3-12/h9,11H,1-8H2. The van der Waals surface area contributed by atoms with E-state index in [9.17, 15) is 13.2 Å². The second kappa shape index (κ2) is 5.32. The lowest BCUT2D eigenvalue weighted by Crippen LogP contribution is -2.48. The molecule has 17 heavy (non-hydrogen) atoms. The summed E-state index contributed by atoms with van der Waals surface area (Å²) in [6, 6.07) is 0.0646. The predicted molar refractivity (Wildman–Crippen MR) is 62.5 cm³/mol. The topological polar surface area (TPSA) is 75.7 Å². The van der Waals surface area contributed by atoms with Gasteiger partial charge in [-0.3, -0.25) is 4.79 Å². The van der Waals surface area contributed by atoms with Gasteiger partial charge in [-0.15, -0.1) is 0 Å². The molecule has 0 saturated carbocycles. The van der Waals surface area contributed by atoms with Crippen LogP contribution >= 0.6 is 0 Å². The summed E-state index contributed by atoms with van der Waals surface area (Å²) in [5.41, 5.74) is 0. The molecule has 98 valence electrons. The first-order valence-corrected chi connectivity index (χ1v) is 7.68. The number of nitrogens with zero attached hydrogens (tertiary/aromatic N) is 1. The zero-order valence-electron chi connectivity index (χ0n) is 9.72. The quantitative estimate of drug-likeness (QED) is 0.664. The molecule has 0 aromatic heterocycles. The Labute approximate surface area is 101 Å². The Kier molecular flexibility index (Phi) is 4.01. The minimum Gasteiger partial charge on any atom is -0.378 e. The third kappa shape index (κ3) is 3.65. The van der Waals surface area contributed by atoms with Crippen molar-refractivity contribution < 1.29 is 17.9 Å². The van der Waals surface area contributed by atoms with Crippen LogP contribution in [0.25, 0.3) is 0 Å². The number of rotatable bonds is 2. The Bertz CT molecular complexity index is 362. The van der Waals surface area contributed by atoms with E-state index < -0.39 is 9.84 Å². The van der Waals surface area contributed by atoms with Crippen LogP contribution in [0.5, 0.6) is 0 Å². The van der Waals surface area contributed by atoms with Gasteiger partial charge in [-0.1, -0.05) is 0 Å². The van der Waals surface area contributed by atoms with Crippen molar-refractivity contribution in [2.24, 2.45) is 0 Å². The van der Waals surface area contributed by atoms with Crippen molar-refractivity contribution in [3.8, 4) is 0 Å². The molecule has 6 nitrogen and oxygen atoms in total. The Morgan fingerprint density at radius 2 is 2.06 bits per heavy atom. The fourth-order valence-corrected chi connectivity index (χ4v) is 3.25. The Morgan fingerprint density at radius 3 is 2.65 bits per heavy atom. The van der Waals surface area contributed by atoms with E-state index in [1.807, 2.05) is 0 Å². The zero-order valence-corrected chi connectivity index (χ0v) is 10.5. The molecule has 1 unspecified atom stereocenters. The highest BCUT2D eigenvalue weighted by atomic mass is 32.2. The highest BCUT2D eigenvalue weighted by molar-refractivity contribution is 7.91. The Balaban J connectivity index is 1.80. The molecule has 0 spiro atoms. The highest BCUT2D eigenvalue weighted by Gasteiger charge is 2.27. The van der Waals surface area contributed by atoms with E-state index in [0.717, 1.165) is 6.54 Å². The van der Waals surface area contributed by atoms with Gasteiger partial charge in [0.15, 0.2) is 9.84 Å². The fourth-order valence-electron chi connectivity index (χ4n) is 2.05. The number of hydrogen-bond acceptors (Lipinski definition) is 5.